The van der Waals surface area contributed by atoms with Gasteiger partial charge in [0, 0.05) is 39.8 Å². The van der Waals surface area contributed by atoms with E-state index in [1.54, 1.807) is 0 Å². The number of hydrogen-bond acceptors (Lipinski definition) is 2. The van der Waals surface area contributed by atoms with Crippen LogP contribution in [0.5, 0.6) is 0 Å². The first-order chi connectivity index (χ1) is 29.3. The lowest BCUT2D eigenvalue weighted by Crippen LogP contribution is -2.27. The molecule has 8 aromatic carbocycles. The van der Waals surface area contributed by atoms with Gasteiger partial charge in [-0.25, -0.2) is 0 Å². The number of nitrogens with zero attached hydrogens (tertiary/aromatic N) is 2. The van der Waals surface area contributed by atoms with Crippen LogP contribution in [0.4, 0.5) is 28.4 Å². The topological polar surface area (TPSA) is 6.48 Å². The fourth-order valence-electron chi connectivity index (χ4n) is 10.5. The van der Waals surface area contributed by atoms with E-state index in [2.05, 4.69) is 234 Å². The number of anilines is 5. The third-order valence-electron chi connectivity index (χ3n) is 12.9. The van der Waals surface area contributed by atoms with Gasteiger partial charge in [0.05, 0.1) is 11.1 Å². The number of para-hydroxylation sites is 2. The van der Waals surface area contributed by atoms with Crippen molar-refractivity contribution < 1.29 is 0 Å². The number of benzene rings is 8. The maximum atomic E-state index is 2.51. The lowest BCUT2D eigenvalue weighted by atomic mass is 9.70. The Morgan fingerprint density at radius 2 is 0.983 bits per heavy atom. The van der Waals surface area contributed by atoms with Crippen LogP contribution in [0.15, 0.2) is 236 Å². The van der Waals surface area contributed by atoms with Crippen LogP contribution in [0, 0.1) is 5.92 Å². The van der Waals surface area contributed by atoms with Crippen molar-refractivity contribution in [3.63, 3.8) is 0 Å². The lowest BCUT2D eigenvalue weighted by molar-refractivity contribution is 0.763. The Balaban J connectivity index is 1.13. The average Bonchev–Trinajstić information content (AvgIpc) is 3.77. The molecule has 0 fully saturated rings. The minimum Gasteiger partial charge on any atom is -0.310 e. The van der Waals surface area contributed by atoms with Gasteiger partial charge in [-0.2, -0.15) is 0 Å². The minimum atomic E-state index is -0.538. The van der Waals surface area contributed by atoms with E-state index in [0.717, 1.165) is 34.9 Å². The molecular formula is C57H40N2. The van der Waals surface area contributed by atoms with Gasteiger partial charge in [-0.05, 0) is 123 Å². The first-order valence-electron chi connectivity index (χ1n) is 20.7. The zero-order chi connectivity index (χ0) is 38.9. The average molecular weight is 753 g/mol. The molecular weight excluding hydrogens is 713 g/mol. The normalized spacial score (nSPS) is 16.1. The van der Waals surface area contributed by atoms with Gasteiger partial charge in [-0.1, -0.05) is 164 Å². The van der Waals surface area contributed by atoms with E-state index in [1.165, 1.54) is 66.6 Å². The van der Waals surface area contributed by atoms with Crippen molar-refractivity contribution in [3.05, 3.63) is 258 Å². The smallest absolute Gasteiger partial charge is 0.0727 e. The highest BCUT2D eigenvalue weighted by Crippen LogP contribution is 2.64. The van der Waals surface area contributed by atoms with E-state index in [9.17, 15) is 0 Å². The SMILES string of the molecule is C1=CC2=C(N(c3ccccc3)c3ccc4c(c3)C3(c5ccccc5-c5ccccc53)c3cc(N(c5ccccc5)c5cccc6ccccc56)ccc3-4)C=CCC2C=C1. The molecule has 0 aliphatic heterocycles. The molecule has 278 valence electrons. The second-order valence-corrected chi connectivity index (χ2v) is 16.0. The standard InChI is InChI=1S/C57H40N2/c1-3-21-41(22-4-1)58(55-31-15-19-39-17-7-9-25-45(39)55)43-33-35-49-50-36-34-44(59(42-23-5-2-6-24-42)56-32-16-20-40-18-8-10-26-46(40)56)38-54(50)57(53(49)37-43)51-29-13-11-27-47(51)48-28-12-14-30-52(48)57/h1-19,21-38,40H,20H2. The van der Waals surface area contributed by atoms with E-state index >= 15 is 0 Å². The van der Waals surface area contributed by atoms with Crippen molar-refractivity contribution in [2.24, 2.45) is 5.92 Å². The Bertz CT molecular complexity index is 3040. The second-order valence-electron chi connectivity index (χ2n) is 16.0. The van der Waals surface area contributed by atoms with E-state index in [4.69, 9.17) is 0 Å². The molecule has 0 bridgehead atoms. The molecule has 8 aromatic rings. The maximum absolute atomic E-state index is 2.51. The molecule has 0 aromatic heterocycles. The fraction of sp³-hybridized carbons (Fsp3) is 0.0526. The van der Waals surface area contributed by atoms with Crippen LogP contribution in [0.3, 0.4) is 0 Å². The van der Waals surface area contributed by atoms with Gasteiger partial charge in [0.1, 0.15) is 0 Å². The summed E-state index contributed by atoms with van der Waals surface area (Å²) in [6.45, 7) is 0. The molecule has 1 spiro atoms. The molecule has 1 unspecified atom stereocenters. The molecule has 59 heavy (non-hydrogen) atoms. The summed E-state index contributed by atoms with van der Waals surface area (Å²) in [7, 11) is 0. The Kier molecular flexibility index (Phi) is 7.61. The van der Waals surface area contributed by atoms with E-state index in [1.807, 2.05) is 0 Å². The molecule has 4 aliphatic carbocycles. The number of hydrogen-bond donors (Lipinski definition) is 0. The van der Waals surface area contributed by atoms with E-state index in [0.29, 0.717) is 5.92 Å². The summed E-state index contributed by atoms with van der Waals surface area (Å²) < 4.78 is 0. The molecule has 0 amide bonds. The zero-order valence-corrected chi connectivity index (χ0v) is 32.5. The molecule has 0 saturated carbocycles. The summed E-state index contributed by atoms with van der Waals surface area (Å²) in [5.74, 6) is 0.359. The fourth-order valence-corrected chi connectivity index (χ4v) is 10.5. The molecule has 0 N–H and O–H groups in total. The van der Waals surface area contributed by atoms with Crippen LogP contribution in [-0.4, -0.2) is 0 Å². The van der Waals surface area contributed by atoms with Crippen LogP contribution in [0.1, 0.15) is 28.7 Å². The maximum Gasteiger partial charge on any atom is 0.0727 e. The van der Waals surface area contributed by atoms with E-state index < -0.39 is 5.41 Å². The van der Waals surface area contributed by atoms with Gasteiger partial charge in [0.25, 0.3) is 0 Å². The van der Waals surface area contributed by atoms with Crippen LogP contribution in [0.25, 0.3) is 33.0 Å². The van der Waals surface area contributed by atoms with Crippen molar-refractivity contribution >= 4 is 39.2 Å². The van der Waals surface area contributed by atoms with Crippen LogP contribution in [-0.2, 0) is 5.41 Å². The predicted molar refractivity (Wildman–Crippen MR) is 246 cm³/mol. The summed E-state index contributed by atoms with van der Waals surface area (Å²) in [6.07, 6.45) is 14.7. The Morgan fingerprint density at radius 1 is 0.424 bits per heavy atom. The summed E-state index contributed by atoms with van der Waals surface area (Å²) in [6, 6.07) is 69.8. The molecule has 0 saturated heterocycles. The summed E-state index contributed by atoms with van der Waals surface area (Å²) >= 11 is 0. The highest BCUT2D eigenvalue weighted by Gasteiger charge is 2.52. The lowest BCUT2D eigenvalue weighted by Gasteiger charge is -2.35. The highest BCUT2D eigenvalue weighted by molar-refractivity contribution is 6.01. The number of fused-ring (bicyclic) bond motifs is 12. The van der Waals surface area contributed by atoms with Crippen LogP contribution < -0.4 is 9.80 Å². The van der Waals surface area contributed by atoms with Crippen molar-refractivity contribution in [2.75, 3.05) is 9.80 Å². The molecule has 4 aliphatic rings. The van der Waals surface area contributed by atoms with Gasteiger partial charge in [-0.3, -0.25) is 0 Å². The number of allylic oxidation sites excluding steroid dienone is 7. The minimum absolute atomic E-state index is 0.359. The zero-order valence-electron chi connectivity index (χ0n) is 32.5. The third kappa shape index (κ3) is 5.00. The van der Waals surface area contributed by atoms with Crippen molar-refractivity contribution in [3.8, 4) is 22.3 Å². The Hall–Kier alpha value is -7.42. The first kappa shape index (κ1) is 33.7. The predicted octanol–water partition coefficient (Wildman–Crippen LogP) is 14.7. The van der Waals surface area contributed by atoms with Gasteiger partial charge < -0.3 is 9.80 Å². The molecule has 2 nitrogen and oxygen atoms in total. The van der Waals surface area contributed by atoms with E-state index in [-0.39, 0.29) is 0 Å². The van der Waals surface area contributed by atoms with Crippen molar-refractivity contribution in [2.45, 2.75) is 11.8 Å². The molecule has 0 radical (unpaired) electrons. The second kappa shape index (κ2) is 13.3. The summed E-state index contributed by atoms with van der Waals surface area (Å²) in [5, 5.41) is 2.44. The quantitative estimate of drug-likeness (QED) is 0.167. The third-order valence-corrected chi connectivity index (χ3v) is 12.9. The molecule has 0 heterocycles. The molecule has 1 atom stereocenters. The van der Waals surface area contributed by atoms with Crippen molar-refractivity contribution in [1.29, 1.82) is 0 Å². The van der Waals surface area contributed by atoms with Gasteiger partial charge in [0.15, 0.2) is 0 Å². The van der Waals surface area contributed by atoms with Crippen molar-refractivity contribution in [1.82, 2.24) is 0 Å². The highest BCUT2D eigenvalue weighted by atomic mass is 15.2. The largest absolute Gasteiger partial charge is 0.310 e. The van der Waals surface area contributed by atoms with Crippen LogP contribution >= 0.6 is 0 Å². The molecule has 2 heteroatoms. The summed E-state index contributed by atoms with van der Waals surface area (Å²) in [4.78, 5) is 4.93. The number of rotatable bonds is 6. The summed E-state index contributed by atoms with van der Waals surface area (Å²) in [5.41, 5.74) is 18.2. The van der Waals surface area contributed by atoms with Gasteiger partial charge in [-0.15, -0.1) is 0 Å². The van der Waals surface area contributed by atoms with Gasteiger partial charge >= 0.3 is 0 Å². The monoisotopic (exact) mass is 752 g/mol. The molecule has 12 rings (SSSR count). The van der Waals surface area contributed by atoms with Gasteiger partial charge in [0.2, 0.25) is 0 Å². The van der Waals surface area contributed by atoms with Crippen LogP contribution in [0.2, 0.25) is 0 Å². The Morgan fingerprint density at radius 3 is 1.68 bits per heavy atom. The first-order valence-corrected chi connectivity index (χ1v) is 20.7. The Labute approximate surface area is 345 Å².